The van der Waals surface area contributed by atoms with E-state index in [1.807, 2.05) is 26.0 Å². The van der Waals surface area contributed by atoms with E-state index in [2.05, 4.69) is 14.8 Å². The van der Waals surface area contributed by atoms with Crippen LogP contribution < -0.4 is 4.72 Å². The normalized spacial score (nSPS) is 12.0. The largest absolute Gasteiger partial charge is 0.274 e. The fourth-order valence-corrected chi connectivity index (χ4v) is 4.24. The van der Waals surface area contributed by atoms with Gasteiger partial charge in [-0.15, -0.1) is 0 Å². The molecule has 0 aliphatic rings. The molecule has 110 valence electrons. The molecule has 6 nitrogen and oxygen atoms in total. The van der Waals surface area contributed by atoms with Gasteiger partial charge < -0.3 is 0 Å². The summed E-state index contributed by atoms with van der Waals surface area (Å²) in [7, 11) is -1.98. The first-order chi connectivity index (χ1) is 9.87. The summed E-state index contributed by atoms with van der Waals surface area (Å²) in [5.74, 6) is 0. The predicted molar refractivity (Wildman–Crippen MR) is 83.1 cm³/mol. The molecule has 2 aromatic heterocycles. The van der Waals surface area contributed by atoms with Gasteiger partial charge in [-0.2, -0.15) is 5.10 Å². The van der Waals surface area contributed by atoms with Gasteiger partial charge in [-0.1, -0.05) is 23.5 Å². The molecule has 0 aliphatic carbocycles. The van der Waals surface area contributed by atoms with E-state index in [9.17, 15) is 8.42 Å². The summed E-state index contributed by atoms with van der Waals surface area (Å²) in [6.45, 7) is 3.94. The van der Waals surface area contributed by atoms with Crippen LogP contribution in [0.5, 0.6) is 0 Å². The van der Waals surface area contributed by atoms with Gasteiger partial charge >= 0.3 is 0 Å². The van der Waals surface area contributed by atoms with Gasteiger partial charge in [0, 0.05) is 13.2 Å². The minimum absolute atomic E-state index is 0.123. The molecule has 0 unspecified atom stereocenters. The quantitative estimate of drug-likeness (QED) is 0.803. The van der Waals surface area contributed by atoms with E-state index in [-0.39, 0.29) is 4.90 Å². The zero-order valence-electron chi connectivity index (χ0n) is 11.8. The van der Waals surface area contributed by atoms with Gasteiger partial charge in [0.1, 0.15) is 4.90 Å². The third kappa shape index (κ3) is 2.52. The summed E-state index contributed by atoms with van der Waals surface area (Å²) in [6, 6.07) is 3.99. The molecule has 0 spiro atoms. The highest BCUT2D eigenvalue weighted by molar-refractivity contribution is 7.93. The molecule has 3 aromatic rings. The Bertz CT molecular complexity index is 886. The van der Waals surface area contributed by atoms with Crippen LogP contribution in [0.2, 0.25) is 0 Å². The van der Waals surface area contributed by atoms with Crippen molar-refractivity contribution < 1.29 is 8.42 Å². The molecule has 0 bridgehead atoms. The number of anilines is 1. The topological polar surface area (TPSA) is 76.9 Å². The molecule has 21 heavy (non-hydrogen) atoms. The first-order valence-corrected chi connectivity index (χ1v) is 8.55. The van der Waals surface area contributed by atoms with Crippen LogP contribution in [-0.2, 0) is 17.1 Å². The van der Waals surface area contributed by atoms with E-state index in [0.717, 1.165) is 21.3 Å². The molecule has 1 N–H and O–H groups in total. The average molecular weight is 322 g/mol. The smallest absolute Gasteiger partial charge is 0.266 e. The monoisotopic (exact) mass is 322 g/mol. The molecule has 0 aliphatic heterocycles. The third-order valence-electron chi connectivity index (χ3n) is 3.16. The van der Waals surface area contributed by atoms with Crippen LogP contribution in [0.4, 0.5) is 5.13 Å². The highest BCUT2D eigenvalue weighted by atomic mass is 32.2. The fraction of sp³-hybridized carbons (Fsp3) is 0.231. The van der Waals surface area contributed by atoms with Crippen molar-refractivity contribution in [2.75, 3.05) is 4.72 Å². The zero-order valence-corrected chi connectivity index (χ0v) is 13.4. The molecule has 0 fully saturated rings. The maximum atomic E-state index is 12.3. The molecule has 0 atom stereocenters. The SMILES string of the molecule is Cc1ccc(C)c2sc(NS(=O)(=O)c3cnn(C)c3)nc12. The van der Waals surface area contributed by atoms with E-state index in [1.54, 1.807) is 7.05 Å². The minimum Gasteiger partial charge on any atom is -0.274 e. The Balaban J connectivity index is 2.02. The summed E-state index contributed by atoms with van der Waals surface area (Å²) in [5.41, 5.74) is 2.95. The number of thiazole rings is 1. The molecule has 0 amide bonds. The van der Waals surface area contributed by atoms with Gasteiger partial charge in [0.15, 0.2) is 5.13 Å². The summed E-state index contributed by atoms with van der Waals surface area (Å²) < 4.78 is 29.5. The van der Waals surface area contributed by atoms with Crippen molar-refractivity contribution in [1.29, 1.82) is 0 Å². The van der Waals surface area contributed by atoms with Crippen molar-refractivity contribution >= 4 is 36.7 Å². The number of hydrogen-bond acceptors (Lipinski definition) is 5. The Morgan fingerprint density at radius 3 is 2.57 bits per heavy atom. The first-order valence-electron chi connectivity index (χ1n) is 6.25. The molecule has 2 heterocycles. The summed E-state index contributed by atoms with van der Waals surface area (Å²) in [5, 5.41) is 4.24. The lowest BCUT2D eigenvalue weighted by molar-refractivity contribution is 0.601. The van der Waals surface area contributed by atoms with Gasteiger partial charge in [0.2, 0.25) is 0 Å². The van der Waals surface area contributed by atoms with Gasteiger partial charge in [-0.05, 0) is 25.0 Å². The molecule has 8 heteroatoms. The highest BCUT2D eigenvalue weighted by Crippen LogP contribution is 2.31. The number of nitrogens with zero attached hydrogens (tertiary/aromatic N) is 3. The fourth-order valence-electron chi connectivity index (χ4n) is 2.01. The number of rotatable bonds is 3. The second-order valence-electron chi connectivity index (χ2n) is 4.85. The van der Waals surface area contributed by atoms with E-state index in [1.165, 1.54) is 28.4 Å². The third-order valence-corrected chi connectivity index (χ3v) is 5.68. The standard InChI is InChI=1S/C13H14N4O2S2/c1-8-4-5-9(2)12-11(8)15-13(20-12)16-21(18,19)10-6-14-17(3)7-10/h4-7H,1-3H3,(H,15,16). The van der Waals surface area contributed by atoms with Gasteiger partial charge in [-0.25, -0.2) is 13.4 Å². The lowest BCUT2D eigenvalue weighted by atomic mass is 10.1. The second-order valence-corrected chi connectivity index (χ2v) is 7.53. The van der Waals surface area contributed by atoms with Crippen LogP contribution in [0.1, 0.15) is 11.1 Å². The van der Waals surface area contributed by atoms with Crippen molar-refractivity contribution in [3.63, 3.8) is 0 Å². The summed E-state index contributed by atoms with van der Waals surface area (Å²) in [4.78, 5) is 4.51. The maximum absolute atomic E-state index is 12.3. The average Bonchev–Trinajstić information content (AvgIpc) is 3.01. The highest BCUT2D eigenvalue weighted by Gasteiger charge is 2.19. The van der Waals surface area contributed by atoms with E-state index < -0.39 is 10.0 Å². The maximum Gasteiger partial charge on any atom is 0.266 e. The van der Waals surface area contributed by atoms with Crippen molar-refractivity contribution in [2.45, 2.75) is 18.7 Å². The number of nitrogens with one attached hydrogen (secondary N) is 1. The molecular formula is C13H14N4O2S2. The Morgan fingerprint density at radius 2 is 1.95 bits per heavy atom. The molecular weight excluding hydrogens is 308 g/mol. The number of benzene rings is 1. The zero-order chi connectivity index (χ0) is 15.2. The van der Waals surface area contributed by atoms with E-state index in [4.69, 9.17) is 0 Å². The number of sulfonamides is 1. The lowest BCUT2D eigenvalue weighted by Crippen LogP contribution is -2.12. The number of hydrogen-bond donors (Lipinski definition) is 1. The van der Waals surface area contributed by atoms with Crippen molar-refractivity contribution in [3.8, 4) is 0 Å². The van der Waals surface area contributed by atoms with Crippen molar-refractivity contribution in [1.82, 2.24) is 14.8 Å². The van der Waals surface area contributed by atoms with Crippen molar-refractivity contribution in [2.24, 2.45) is 7.05 Å². The summed E-state index contributed by atoms with van der Waals surface area (Å²) >= 11 is 1.34. The Morgan fingerprint density at radius 1 is 1.24 bits per heavy atom. The van der Waals surface area contributed by atoms with Crippen LogP contribution in [-0.4, -0.2) is 23.2 Å². The van der Waals surface area contributed by atoms with Gasteiger partial charge in [-0.3, -0.25) is 9.40 Å². The molecule has 3 rings (SSSR count). The second kappa shape index (κ2) is 4.81. The van der Waals surface area contributed by atoms with Gasteiger partial charge in [0.25, 0.3) is 10.0 Å². The Labute approximate surface area is 126 Å². The number of fused-ring (bicyclic) bond motifs is 1. The molecule has 0 saturated heterocycles. The minimum atomic E-state index is -3.65. The van der Waals surface area contributed by atoms with Crippen LogP contribution in [0.15, 0.2) is 29.4 Å². The van der Waals surface area contributed by atoms with Crippen LogP contribution >= 0.6 is 11.3 Å². The molecule has 1 aromatic carbocycles. The summed E-state index contributed by atoms with van der Waals surface area (Å²) in [6.07, 6.45) is 2.76. The molecule has 0 saturated carbocycles. The van der Waals surface area contributed by atoms with Gasteiger partial charge in [0.05, 0.1) is 16.4 Å². The van der Waals surface area contributed by atoms with E-state index >= 15 is 0 Å². The number of aryl methyl sites for hydroxylation is 3. The predicted octanol–water partition coefficient (Wildman–Crippen LogP) is 2.45. The lowest BCUT2D eigenvalue weighted by Gasteiger charge is -2.01. The Hall–Kier alpha value is -1.93. The van der Waals surface area contributed by atoms with Crippen molar-refractivity contribution in [3.05, 3.63) is 35.7 Å². The van der Waals surface area contributed by atoms with Crippen LogP contribution in [0, 0.1) is 13.8 Å². The molecule has 0 radical (unpaired) electrons. The first kappa shape index (κ1) is 14.0. The number of aromatic nitrogens is 3. The van der Waals surface area contributed by atoms with Crippen LogP contribution in [0.25, 0.3) is 10.2 Å². The Kier molecular flexibility index (Phi) is 3.22. The van der Waals surface area contributed by atoms with Crippen LogP contribution in [0.3, 0.4) is 0 Å². The van der Waals surface area contributed by atoms with E-state index in [0.29, 0.717) is 5.13 Å².